The molecule has 100 valence electrons. The highest BCUT2D eigenvalue weighted by atomic mass is 14.8. The molecule has 0 saturated carbocycles. The number of hydrogen-bond donors (Lipinski definition) is 2. The molecule has 0 atom stereocenters. The number of nitrogens with one attached hydrogen (secondary N) is 2. The summed E-state index contributed by atoms with van der Waals surface area (Å²) < 4.78 is 0. The Labute approximate surface area is 120 Å². The van der Waals surface area contributed by atoms with Crippen LogP contribution in [0.4, 0.5) is 0 Å². The molecule has 0 aliphatic rings. The van der Waals surface area contributed by atoms with Crippen LogP contribution in [0.3, 0.4) is 0 Å². The number of benzene rings is 2. The van der Waals surface area contributed by atoms with Gasteiger partial charge >= 0.3 is 0 Å². The molecule has 0 radical (unpaired) electrons. The predicted molar refractivity (Wildman–Crippen MR) is 87.7 cm³/mol. The number of rotatable bonds is 0. The van der Waals surface area contributed by atoms with E-state index in [0.717, 1.165) is 27.6 Å². The van der Waals surface area contributed by atoms with E-state index in [1.165, 1.54) is 21.7 Å². The molecule has 0 saturated heterocycles. The largest absolute Gasteiger partial charge is 0.353 e. The molecule has 0 aliphatic heterocycles. The van der Waals surface area contributed by atoms with Crippen molar-refractivity contribution in [2.45, 2.75) is 6.92 Å². The molecule has 2 aromatic carbocycles. The van der Waals surface area contributed by atoms with Crippen molar-refractivity contribution in [1.29, 1.82) is 0 Å². The second-order valence-corrected chi connectivity index (χ2v) is 5.56. The third-order valence-corrected chi connectivity index (χ3v) is 4.31. The maximum Gasteiger partial charge on any atom is 0.0968 e. The van der Waals surface area contributed by atoms with Gasteiger partial charge in [-0.3, -0.25) is 4.98 Å². The van der Waals surface area contributed by atoms with Crippen molar-refractivity contribution in [2.24, 2.45) is 0 Å². The molecule has 3 heterocycles. The molecule has 3 aromatic heterocycles. The molecule has 0 fully saturated rings. The molecule has 3 nitrogen and oxygen atoms in total. The van der Waals surface area contributed by atoms with Crippen molar-refractivity contribution in [3.8, 4) is 0 Å². The van der Waals surface area contributed by atoms with E-state index < -0.39 is 0 Å². The van der Waals surface area contributed by atoms with Gasteiger partial charge in [-0.25, -0.2) is 0 Å². The lowest BCUT2D eigenvalue weighted by atomic mass is 10.1. The number of pyridine rings is 1. The summed E-state index contributed by atoms with van der Waals surface area (Å²) in [6.45, 7) is 2.14. The Morgan fingerprint density at radius 1 is 0.810 bits per heavy atom. The molecule has 0 aliphatic carbocycles. The maximum atomic E-state index is 4.69. The SMILES string of the molecule is Cc1cccc2[nH]c3c(ncc4[nH]c5ccccc5c43)c12. The first kappa shape index (κ1) is 10.9. The number of para-hydroxylation sites is 1. The van der Waals surface area contributed by atoms with Crippen LogP contribution in [0, 0.1) is 6.92 Å². The molecule has 2 N–H and O–H groups in total. The fraction of sp³-hybridized carbons (Fsp3) is 0.0556. The number of aromatic amines is 2. The zero-order chi connectivity index (χ0) is 14.0. The Hall–Kier alpha value is -2.81. The summed E-state index contributed by atoms with van der Waals surface area (Å²) >= 11 is 0. The monoisotopic (exact) mass is 271 g/mol. The molecule has 3 heteroatoms. The van der Waals surface area contributed by atoms with Crippen LogP contribution in [0.1, 0.15) is 5.56 Å². The molecule has 0 bridgehead atoms. The number of H-pyrrole nitrogens is 2. The topological polar surface area (TPSA) is 44.5 Å². The van der Waals surface area contributed by atoms with Gasteiger partial charge in [-0.2, -0.15) is 0 Å². The summed E-state index contributed by atoms with van der Waals surface area (Å²) in [6, 6.07) is 14.7. The lowest BCUT2D eigenvalue weighted by Gasteiger charge is -1.96. The van der Waals surface area contributed by atoms with E-state index in [2.05, 4.69) is 59.4 Å². The van der Waals surface area contributed by atoms with E-state index in [4.69, 9.17) is 4.98 Å². The number of aryl methyl sites for hydroxylation is 1. The quantitative estimate of drug-likeness (QED) is 0.423. The van der Waals surface area contributed by atoms with Crippen LogP contribution in [-0.2, 0) is 0 Å². The number of fused-ring (bicyclic) bond motifs is 7. The Bertz CT molecular complexity index is 1140. The first-order chi connectivity index (χ1) is 10.3. The van der Waals surface area contributed by atoms with Crippen LogP contribution in [0.2, 0.25) is 0 Å². The summed E-state index contributed by atoms with van der Waals surface area (Å²) in [6.07, 6.45) is 1.94. The van der Waals surface area contributed by atoms with Crippen molar-refractivity contribution >= 4 is 43.7 Å². The van der Waals surface area contributed by atoms with E-state index in [-0.39, 0.29) is 0 Å². The summed E-state index contributed by atoms with van der Waals surface area (Å²) in [5, 5.41) is 3.69. The van der Waals surface area contributed by atoms with Crippen molar-refractivity contribution in [3.63, 3.8) is 0 Å². The lowest BCUT2D eigenvalue weighted by molar-refractivity contribution is 1.42. The summed E-state index contributed by atoms with van der Waals surface area (Å²) in [5.41, 5.74) is 6.81. The van der Waals surface area contributed by atoms with E-state index >= 15 is 0 Å². The average molecular weight is 271 g/mol. The molecular formula is C18H13N3. The van der Waals surface area contributed by atoms with Gasteiger partial charge in [0.15, 0.2) is 0 Å². The minimum atomic E-state index is 1.06. The van der Waals surface area contributed by atoms with Gasteiger partial charge in [0, 0.05) is 27.2 Å². The minimum absolute atomic E-state index is 1.06. The highest BCUT2D eigenvalue weighted by molar-refractivity contribution is 6.23. The molecule has 0 unspecified atom stereocenters. The number of aromatic nitrogens is 3. The van der Waals surface area contributed by atoms with Crippen LogP contribution in [-0.4, -0.2) is 15.0 Å². The van der Waals surface area contributed by atoms with Crippen molar-refractivity contribution in [1.82, 2.24) is 15.0 Å². The molecule has 5 rings (SSSR count). The van der Waals surface area contributed by atoms with Crippen LogP contribution in [0.15, 0.2) is 48.7 Å². The first-order valence-corrected chi connectivity index (χ1v) is 7.09. The zero-order valence-corrected chi connectivity index (χ0v) is 11.6. The first-order valence-electron chi connectivity index (χ1n) is 7.09. The van der Waals surface area contributed by atoms with Crippen LogP contribution in [0.25, 0.3) is 43.7 Å². The molecule has 0 amide bonds. The second-order valence-electron chi connectivity index (χ2n) is 5.56. The van der Waals surface area contributed by atoms with E-state index in [0.29, 0.717) is 0 Å². The smallest absolute Gasteiger partial charge is 0.0968 e. The maximum absolute atomic E-state index is 4.69. The van der Waals surface area contributed by atoms with Gasteiger partial charge in [-0.15, -0.1) is 0 Å². The molecule has 5 aromatic rings. The van der Waals surface area contributed by atoms with Crippen molar-refractivity contribution in [2.75, 3.05) is 0 Å². The Balaban J connectivity index is 2.14. The number of hydrogen-bond acceptors (Lipinski definition) is 1. The minimum Gasteiger partial charge on any atom is -0.353 e. The third kappa shape index (κ3) is 1.30. The van der Waals surface area contributed by atoms with Gasteiger partial charge in [0.1, 0.15) is 0 Å². The lowest BCUT2D eigenvalue weighted by Crippen LogP contribution is -1.78. The van der Waals surface area contributed by atoms with E-state index in [1.807, 2.05) is 6.20 Å². The fourth-order valence-electron chi connectivity index (χ4n) is 3.37. The van der Waals surface area contributed by atoms with Crippen LogP contribution < -0.4 is 0 Å². The summed E-state index contributed by atoms with van der Waals surface area (Å²) in [5.74, 6) is 0. The average Bonchev–Trinajstić information content (AvgIpc) is 3.05. The Kier molecular flexibility index (Phi) is 1.89. The van der Waals surface area contributed by atoms with Crippen LogP contribution in [0.5, 0.6) is 0 Å². The summed E-state index contributed by atoms with van der Waals surface area (Å²) in [7, 11) is 0. The normalized spacial score (nSPS) is 12.0. The highest BCUT2D eigenvalue weighted by Gasteiger charge is 2.13. The van der Waals surface area contributed by atoms with Gasteiger partial charge < -0.3 is 9.97 Å². The van der Waals surface area contributed by atoms with Crippen molar-refractivity contribution in [3.05, 3.63) is 54.2 Å². The van der Waals surface area contributed by atoms with Gasteiger partial charge in [0.25, 0.3) is 0 Å². The molecule has 21 heavy (non-hydrogen) atoms. The highest BCUT2D eigenvalue weighted by Crippen LogP contribution is 2.34. The zero-order valence-electron chi connectivity index (χ0n) is 11.6. The van der Waals surface area contributed by atoms with E-state index in [9.17, 15) is 0 Å². The number of nitrogens with zero attached hydrogens (tertiary/aromatic N) is 1. The van der Waals surface area contributed by atoms with Crippen LogP contribution >= 0.6 is 0 Å². The van der Waals surface area contributed by atoms with Gasteiger partial charge in [0.05, 0.1) is 22.7 Å². The Morgan fingerprint density at radius 3 is 2.62 bits per heavy atom. The molecular weight excluding hydrogens is 258 g/mol. The fourth-order valence-corrected chi connectivity index (χ4v) is 3.37. The van der Waals surface area contributed by atoms with Gasteiger partial charge in [-0.1, -0.05) is 30.3 Å². The molecule has 0 spiro atoms. The summed E-state index contributed by atoms with van der Waals surface area (Å²) in [4.78, 5) is 11.7. The van der Waals surface area contributed by atoms with Gasteiger partial charge in [-0.05, 0) is 24.6 Å². The third-order valence-electron chi connectivity index (χ3n) is 4.31. The predicted octanol–water partition coefficient (Wildman–Crippen LogP) is 4.66. The second kappa shape index (κ2) is 3.64. The van der Waals surface area contributed by atoms with E-state index in [1.54, 1.807) is 0 Å². The van der Waals surface area contributed by atoms with Gasteiger partial charge in [0.2, 0.25) is 0 Å². The standard InChI is InChI=1S/C18H13N3/c1-10-5-4-8-13-15(10)17-18(21-13)16-11-6-2-3-7-12(11)20-14(16)9-19-17/h2-9,20-21H,1H3. The Morgan fingerprint density at radius 2 is 1.67 bits per heavy atom. The van der Waals surface area contributed by atoms with Crippen molar-refractivity contribution < 1.29 is 0 Å².